The van der Waals surface area contributed by atoms with E-state index in [4.69, 9.17) is 0 Å². The molecule has 1 aromatic rings. The summed E-state index contributed by atoms with van der Waals surface area (Å²) in [5.41, 5.74) is 1.15. The number of hydrogen-bond donors (Lipinski definition) is 1. The van der Waals surface area contributed by atoms with Crippen molar-refractivity contribution in [1.82, 2.24) is 15.2 Å². The number of thiazole rings is 1. The SMILES string of the molecule is Cc1csc(CN2CC(C(C)C)NCC2C)n1. The summed E-state index contributed by atoms with van der Waals surface area (Å²) < 4.78 is 0. The van der Waals surface area contributed by atoms with Gasteiger partial charge in [-0.1, -0.05) is 13.8 Å². The van der Waals surface area contributed by atoms with E-state index < -0.39 is 0 Å². The number of nitrogens with one attached hydrogen (secondary N) is 1. The maximum atomic E-state index is 4.57. The number of hydrogen-bond acceptors (Lipinski definition) is 4. The van der Waals surface area contributed by atoms with Crippen LogP contribution in [0.4, 0.5) is 0 Å². The summed E-state index contributed by atoms with van der Waals surface area (Å²) in [5, 5.41) is 7.02. The zero-order chi connectivity index (χ0) is 12.4. The lowest BCUT2D eigenvalue weighted by molar-refractivity contribution is 0.116. The van der Waals surface area contributed by atoms with E-state index in [-0.39, 0.29) is 0 Å². The molecule has 2 atom stereocenters. The second kappa shape index (κ2) is 5.46. The van der Waals surface area contributed by atoms with Crippen LogP contribution in [0.3, 0.4) is 0 Å². The summed E-state index contributed by atoms with van der Waals surface area (Å²) in [6.45, 7) is 12.2. The van der Waals surface area contributed by atoms with Crippen LogP contribution in [0, 0.1) is 12.8 Å². The Hall–Kier alpha value is -0.450. The molecule has 96 valence electrons. The molecule has 0 spiro atoms. The number of aryl methyl sites for hydroxylation is 1. The number of piperazine rings is 1. The zero-order valence-corrected chi connectivity index (χ0v) is 12.0. The summed E-state index contributed by atoms with van der Waals surface area (Å²) in [4.78, 5) is 7.12. The average molecular weight is 253 g/mol. The van der Waals surface area contributed by atoms with Gasteiger partial charge in [-0.15, -0.1) is 11.3 Å². The van der Waals surface area contributed by atoms with Crippen molar-refractivity contribution < 1.29 is 0 Å². The first-order chi connectivity index (χ1) is 8.06. The Morgan fingerprint density at radius 2 is 2.35 bits per heavy atom. The van der Waals surface area contributed by atoms with E-state index in [1.54, 1.807) is 11.3 Å². The Balaban J connectivity index is 1.98. The third-order valence-corrected chi connectivity index (χ3v) is 4.49. The van der Waals surface area contributed by atoms with E-state index in [1.807, 2.05) is 0 Å². The van der Waals surface area contributed by atoms with Crippen molar-refractivity contribution >= 4 is 11.3 Å². The summed E-state index contributed by atoms with van der Waals surface area (Å²) in [5.74, 6) is 0.697. The summed E-state index contributed by atoms with van der Waals surface area (Å²) >= 11 is 1.78. The molecule has 1 saturated heterocycles. The van der Waals surface area contributed by atoms with Gasteiger partial charge < -0.3 is 5.32 Å². The predicted octanol–water partition coefficient (Wildman–Crippen LogP) is 2.27. The molecule has 0 saturated carbocycles. The van der Waals surface area contributed by atoms with Gasteiger partial charge in [-0.2, -0.15) is 0 Å². The molecule has 17 heavy (non-hydrogen) atoms. The normalized spacial score (nSPS) is 26.6. The molecule has 3 nitrogen and oxygen atoms in total. The quantitative estimate of drug-likeness (QED) is 0.895. The topological polar surface area (TPSA) is 28.2 Å². The van der Waals surface area contributed by atoms with Crippen LogP contribution in [-0.2, 0) is 6.54 Å². The number of rotatable bonds is 3. The molecule has 1 N–H and O–H groups in total. The highest BCUT2D eigenvalue weighted by atomic mass is 32.1. The zero-order valence-electron chi connectivity index (χ0n) is 11.2. The van der Waals surface area contributed by atoms with E-state index in [2.05, 4.69) is 48.3 Å². The average Bonchev–Trinajstić information content (AvgIpc) is 2.67. The van der Waals surface area contributed by atoms with Crippen LogP contribution in [-0.4, -0.2) is 35.1 Å². The van der Waals surface area contributed by atoms with Crippen molar-refractivity contribution in [3.63, 3.8) is 0 Å². The molecule has 2 rings (SSSR count). The lowest BCUT2D eigenvalue weighted by Gasteiger charge is -2.40. The molecule has 1 fully saturated rings. The molecular weight excluding hydrogens is 230 g/mol. The van der Waals surface area contributed by atoms with Crippen LogP contribution in [0.2, 0.25) is 0 Å². The predicted molar refractivity (Wildman–Crippen MR) is 73.4 cm³/mol. The number of aromatic nitrogens is 1. The van der Waals surface area contributed by atoms with Gasteiger partial charge in [0.25, 0.3) is 0 Å². The fourth-order valence-electron chi connectivity index (χ4n) is 2.26. The van der Waals surface area contributed by atoms with Crippen molar-refractivity contribution in [2.24, 2.45) is 5.92 Å². The Labute approximate surface area is 108 Å². The maximum absolute atomic E-state index is 4.57. The van der Waals surface area contributed by atoms with E-state index in [0.717, 1.165) is 25.3 Å². The molecule has 1 aliphatic heterocycles. The standard InChI is InChI=1S/C13H23N3S/c1-9(2)12-6-16(11(4)5-14-12)7-13-15-10(3)8-17-13/h8-9,11-12,14H,5-7H2,1-4H3. The monoisotopic (exact) mass is 253 g/mol. The van der Waals surface area contributed by atoms with Crippen LogP contribution in [0.15, 0.2) is 5.38 Å². The molecule has 0 aliphatic carbocycles. The van der Waals surface area contributed by atoms with Gasteiger partial charge >= 0.3 is 0 Å². The third-order valence-electron chi connectivity index (χ3n) is 3.54. The highest BCUT2D eigenvalue weighted by Gasteiger charge is 2.27. The highest BCUT2D eigenvalue weighted by molar-refractivity contribution is 7.09. The van der Waals surface area contributed by atoms with Crippen molar-refractivity contribution in [3.8, 4) is 0 Å². The maximum Gasteiger partial charge on any atom is 0.107 e. The molecule has 2 heterocycles. The van der Waals surface area contributed by atoms with Gasteiger partial charge in [0, 0.05) is 36.2 Å². The fourth-order valence-corrected chi connectivity index (χ4v) is 3.06. The van der Waals surface area contributed by atoms with E-state index >= 15 is 0 Å². The second-order valence-corrected chi connectivity index (χ2v) is 6.36. The van der Waals surface area contributed by atoms with Gasteiger partial charge in [0.1, 0.15) is 5.01 Å². The molecule has 0 bridgehead atoms. The third kappa shape index (κ3) is 3.27. The van der Waals surface area contributed by atoms with Crippen LogP contribution in [0.5, 0.6) is 0 Å². The minimum Gasteiger partial charge on any atom is -0.311 e. The lowest BCUT2D eigenvalue weighted by Crippen LogP contribution is -2.56. The molecule has 4 heteroatoms. The second-order valence-electron chi connectivity index (χ2n) is 5.42. The smallest absolute Gasteiger partial charge is 0.107 e. The van der Waals surface area contributed by atoms with E-state index in [0.29, 0.717) is 18.0 Å². The highest BCUT2D eigenvalue weighted by Crippen LogP contribution is 2.18. The molecular formula is C13H23N3S. The summed E-state index contributed by atoms with van der Waals surface area (Å²) in [7, 11) is 0. The van der Waals surface area contributed by atoms with Crippen LogP contribution >= 0.6 is 11.3 Å². The Bertz CT molecular complexity index is 361. The Morgan fingerprint density at radius 3 is 2.94 bits per heavy atom. The molecule has 0 radical (unpaired) electrons. The minimum absolute atomic E-state index is 0.606. The molecule has 1 aliphatic rings. The fraction of sp³-hybridized carbons (Fsp3) is 0.769. The van der Waals surface area contributed by atoms with Crippen LogP contribution in [0.25, 0.3) is 0 Å². The van der Waals surface area contributed by atoms with Gasteiger partial charge in [-0.25, -0.2) is 4.98 Å². The largest absolute Gasteiger partial charge is 0.311 e. The first kappa shape index (κ1) is 13.0. The van der Waals surface area contributed by atoms with Gasteiger partial charge in [0.15, 0.2) is 0 Å². The summed E-state index contributed by atoms with van der Waals surface area (Å²) in [6.07, 6.45) is 0. The molecule has 0 amide bonds. The summed E-state index contributed by atoms with van der Waals surface area (Å²) in [6, 6.07) is 1.22. The van der Waals surface area contributed by atoms with Crippen molar-refractivity contribution in [3.05, 3.63) is 16.1 Å². The molecule has 2 unspecified atom stereocenters. The lowest BCUT2D eigenvalue weighted by atomic mass is 10.00. The van der Waals surface area contributed by atoms with Crippen LogP contribution < -0.4 is 5.32 Å². The van der Waals surface area contributed by atoms with E-state index in [1.165, 1.54) is 5.01 Å². The van der Waals surface area contributed by atoms with Crippen molar-refractivity contribution in [2.75, 3.05) is 13.1 Å². The van der Waals surface area contributed by atoms with Gasteiger partial charge in [-0.3, -0.25) is 4.90 Å². The molecule has 1 aromatic heterocycles. The first-order valence-corrected chi connectivity index (χ1v) is 7.32. The van der Waals surface area contributed by atoms with Crippen molar-refractivity contribution in [1.29, 1.82) is 0 Å². The Kier molecular flexibility index (Phi) is 4.17. The van der Waals surface area contributed by atoms with E-state index in [9.17, 15) is 0 Å². The van der Waals surface area contributed by atoms with Gasteiger partial charge in [0.2, 0.25) is 0 Å². The first-order valence-electron chi connectivity index (χ1n) is 6.44. The minimum atomic E-state index is 0.606. The van der Waals surface area contributed by atoms with Crippen LogP contribution in [0.1, 0.15) is 31.5 Å². The number of nitrogens with zero attached hydrogens (tertiary/aromatic N) is 2. The van der Waals surface area contributed by atoms with Crippen molar-refractivity contribution in [2.45, 2.75) is 46.3 Å². The van der Waals surface area contributed by atoms with Gasteiger partial charge in [-0.05, 0) is 19.8 Å². The van der Waals surface area contributed by atoms with Gasteiger partial charge in [0.05, 0.1) is 6.54 Å². The molecule has 0 aromatic carbocycles. The Morgan fingerprint density at radius 1 is 1.59 bits per heavy atom.